The summed E-state index contributed by atoms with van der Waals surface area (Å²) >= 11 is 1.82. The molecule has 0 unspecified atom stereocenters. The van der Waals surface area contributed by atoms with Gasteiger partial charge in [0, 0.05) is 23.8 Å². The van der Waals surface area contributed by atoms with Crippen molar-refractivity contribution in [1.29, 1.82) is 0 Å². The van der Waals surface area contributed by atoms with E-state index in [0.29, 0.717) is 12.0 Å². The Balaban J connectivity index is 2.19. The molecule has 0 radical (unpaired) electrons. The molecule has 0 saturated heterocycles. The fourth-order valence-electron chi connectivity index (χ4n) is 1.77. The standard InChI is InChI=1S/C12H20N2S/c1-12(2,3)6-10-14-11(8-4-5-8)9(7-13)15-10/h8H,4-7,13H2,1-3H3. The van der Waals surface area contributed by atoms with Crippen LogP contribution in [0, 0.1) is 5.41 Å². The first-order chi connectivity index (χ1) is 6.99. The zero-order chi connectivity index (χ0) is 11.1. The van der Waals surface area contributed by atoms with Crippen LogP contribution < -0.4 is 5.73 Å². The van der Waals surface area contributed by atoms with Crippen LogP contribution in [0.5, 0.6) is 0 Å². The van der Waals surface area contributed by atoms with Gasteiger partial charge in [-0.3, -0.25) is 0 Å². The summed E-state index contributed by atoms with van der Waals surface area (Å²) in [4.78, 5) is 6.08. The summed E-state index contributed by atoms with van der Waals surface area (Å²) in [5.41, 5.74) is 7.39. The van der Waals surface area contributed by atoms with Crippen molar-refractivity contribution < 1.29 is 0 Å². The molecule has 1 heterocycles. The monoisotopic (exact) mass is 224 g/mol. The fraction of sp³-hybridized carbons (Fsp3) is 0.750. The Labute approximate surface area is 95.9 Å². The highest BCUT2D eigenvalue weighted by Crippen LogP contribution is 2.43. The van der Waals surface area contributed by atoms with E-state index in [9.17, 15) is 0 Å². The lowest BCUT2D eigenvalue weighted by molar-refractivity contribution is 0.410. The van der Waals surface area contributed by atoms with Crippen LogP contribution in [0.4, 0.5) is 0 Å². The van der Waals surface area contributed by atoms with Crippen LogP contribution in [0.15, 0.2) is 0 Å². The largest absolute Gasteiger partial charge is 0.326 e. The van der Waals surface area contributed by atoms with Gasteiger partial charge in [-0.15, -0.1) is 11.3 Å². The molecule has 1 aliphatic carbocycles. The molecular weight excluding hydrogens is 204 g/mol. The molecule has 15 heavy (non-hydrogen) atoms. The van der Waals surface area contributed by atoms with E-state index in [-0.39, 0.29) is 0 Å². The van der Waals surface area contributed by atoms with Crippen molar-refractivity contribution in [3.05, 3.63) is 15.6 Å². The zero-order valence-electron chi connectivity index (χ0n) is 9.84. The summed E-state index contributed by atoms with van der Waals surface area (Å²) < 4.78 is 0. The Morgan fingerprint density at radius 2 is 2.07 bits per heavy atom. The summed E-state index contributed by atoms with van der Waals surface area (Å²) in [5.74, 6) is 0.730. The molecule has 1 aromatic rings. The second kappa shape index (κ2) is 3.87. The molecule has 3 heteroatoms. The molecule has 0 aliphatic heterocycles. The maximum Gasteiger partial charge on any atom is 0.0936 e. The summed E-state index contributed by atoms with van der Waals surface area (Å²) in [6, 6.07) is 0. The quantitative estimate of drug-likeness (QED) is 0.857. The minimum Gasteiger partial charge on any atom is -0.326 e. The highest BCUT2D eigenvalue weighted by Gasteiger charge is 2.29. The van der Waals surface area contributed by atoms with Crippen LogP contribution >= 0.6 is 11.3 Å². The molecule has 0 spiro atoms. The fourth-order valence-corrected chi connectivity index (χ4v) is 3.10. The van der Waals surface area contributed by atoms with Crippen molar-refractivity contribution in [2.75, 3.05) is 0 Å². The van der Waals surface area contributed by atoms with Crippen LogP contribution in [-0.2, 0) is 13.0 Å². The van der Waals surface area contributed by atoms with Crippen LogP contribution in [0.25, 0.3) is 0 Å². The van der Waals surface area contributed by atoms with Gasteiger partial charge in [0.05, 0.1) is 10.7 Å². The third-order valence-electron chi connectivity index (χ3n) is 2.60. The summed E-state index contributed by atoms with van der Waals surface area (Å²) in [6.45, 7) is 7.43. The van der Waals surface area contributed by atoms with E-state index in [0.717, 1.165) is 12.3 Å². The first-order valence-electron chi connectivity index (χ1n) is 5.68. The molecule has 84 valence electrons. The molecule has 1 aromatic heterocycles. The lowest BCUT2D eigenvalue weighted by Crippen LogP contribution is -2.08. The number of aromatic nitrogens is 1. The second-order valence-corrected chi connectivity index (χ2v) is 6.80. The predicted molar refractivity (Wildman–Crippen MR) is 65.1 cm³/mol. The van der Waals surface area contributed by atoms with Crippen LogP contribution in [-0.4, -0.2) is 4.98 Å². The molecule has 2 nitrogen and oxygen atoms in total. The summed E-state index contributed by atoms with van der Waals surface area (Å²) in [5, 5.41) is 1.27. The van der Waals surface area contributed by atoms with Gasteiger partial charge in [0.25, 0.3) is 0 Å². The Kier molecular flexibility index (Phi) is 2.86. The number of nitrogens with zero attached hydrogens (tertiary/aromatic N) is 1. The van der Waals surface area contributed by atoms with Gasteiger partial charge in [0.1, 0.15) is 0 Å². The maximum atomic E-state index is 5.76. The number of thiazole rings is 1. The molecule has 2 rings (SSSR count). The molecule has 1 saturated carbocycles. The van der Waals surface area contributed by atoms with Crippen molar-refractivity contribution in [3.63, 3.8) is 0 Å². The summed E-state index contributed by atoms with van der Waals surface area (Å²) in [6.07, 6.45) is 3.69. The molecule has 1 aliphatic rings. The van der Waals surface area contributed by atoms with Gasteiger partial charge in [0.15, 0.2) is 0 Å². The smallest absolute Gasteiger partial charge is 0.0936 e. The zero-order valence-corrected chi connectivity index (χ0v) is 10.7. The van der Waals surface area contributed by atoms with Crippen LogP contribution in [0.1, 0.15) is 55.1 Å². The third kappa shape index (κ3) is 2.79. The van der Waals surface area contributed by atoms with Crippen molar-refractivity contribution in [1.82, 2.24) is 4.98 Å². The van der Waals surface area contributed by atoms with E-state index in [1.54, 1.807) is 0 Å². The summed E-state index contributed by atoms with van der Waals surface area (Å²) in [7, 11) is 0. The third-order valence-corrected chi connectivity index (χ3v) is 3.70. The van der Waals surface area contributed by atoms with Gasteiger partial charge in [-0.25, -0.2) is 4.98 Å². The minimum absolute atomic E-state index is 0.324. The molecule has 0 amide bonds. The Hall–Kier alpha value is -0.410. The van der Waals surface area contributed by atoms with Crippen molar-refractivity contribution in [3.8, 4) is 0 Å². The van der Waals surface area contributed by atoms with E-state index in [4.69, 9.17) is 10.7 Å². The van der Waals surface area contributed by atoms with Gasteiger partial charge < -0.3 is 5.73 Å². The Bertz CT molecular complexity index is 345. The first-order valence-corrected chi connectivity index (χ1v) is 6.50. The average molecular weight is 224 g/mol. The van der Waals surface area contributed by atoms with Crippen molar-refractivity contribution in [2.24, 2.45) is 11.1 Å². The number of rotatable bonds is 3. The average Bonchev–Trinajstić information content (AvgIpc) is 2.86. The van der Waals surface area contributed by atoms with E-state index >= 15 is 0 Å². The van der Waals surface area contributed by atoms with Gasteiger partial charge in [-0.05, 0) is 18.3 Å². The predicted octanol–water partition coefficient (Wildman–Crippen LogP) is 3.07. The van der Waals surface area contributed by atoms with E-state index < -0.39 is 0 Å². The van der Waals surface area contributed by atoms with Gasteiger partial charge in [-0.1, -0.05) is 20.8 Å². The van der Waals surface area contributed by atoms with Gasteiger partial charge >= 0.3 is 0 Å². The molecular formula is C12H20N2S. The molecule has 0 bridgehead atoms. The Morgan fingerprint density at radius 1 is 1.40 bits per heavy atom. The number of hydrogen-bond acceptors (Lipinski definition) is 3. The first kappa shape index (κ1) is 11.1. The highest BCUT2D eigenvalue weighted by molar-refractivity contribution is 7.11. The SMILES string of the molecule is CC(C)(C)Cc1nc(C2CC2)c(CN)s1. The van der Waals surface area contributed by atoms with Crippen molar-refractivity contribution >= 4 is 11.3 Å². The Morgan fingerprint density at radius 3 is 2.53 bits per heavy atom. The lowest BCUT2D eigenvalue weighted by Gasteiger charge is -2.15. The number of hydrogen-bond donors (Lipinski definition) is 1. The lowest BCUT2D eigenvalue weighted by atomic mass is 9.93. The molecule has 0 aromatic carbocycles. The van der Waals surface area contributed by atoms with E-state index in [1.807, 2.05) is 11.3 Å². The van der Waals surface area contributed by atoms with Crippen molar-refractivity contribution in [2.45, 2.75) is 52.5 Å². The van der Waals surface area contributed by atoms with Crippen LogP contribution in [0.3, 0.4) is 0 Å². The van der Waals surface area contributed by atoms with E-state index in [2.05, 4.69) is 20.8 Å². The molecule has 0 atom stereocenters. The molecule has 1 fully saturated rings. The topological polar surface area (TPSA) is 38.9 Å². The highest BCUT2D eigenvalue weighted by atomic mass is 32.1. The second-order valence-electron chi connectivity index (χ2n) is 5.63. The maximum absolute atomic E-state index is 5.76. The number of nitrogens with two attached hydrogens (primary N) is 1. The van der Waals surface area contributed by atoms with Gasteiger partial charge in [-0.2, -0.15) is 0 Å². The van der Waals surface area contributed by atoms with Crippen LogP contribution in [0.2, 0.25) is 0 Å². The van der Waals surface area contributed by atoms with E-state index in [1.165, 1.54) is 28.4 Å². The van der Waals surface area contributed by atoms with Gasteiger partial charge in [0.2, 0.25) is 0 Å². The normalized spacial score (nSPS) is 17.1. The molecule has 2 N–H and O–H groups in total. The minimum atomic E-state index is 0.324.